The van der Waals surface area contributed by atoms with Crippen LogP contribution >= 0.6 is 0 Å². The summed E-state index contributed by atoms with van der Waals surface area (Å²) in [7, 11) is 0. The second-order valence-corrected chi connectivity index (χ2v) is 5.80. The minimum absolute atomic E-state index is 0.204. The SMILES string of the molecule is C[C@@H]1C[C@@H]1NC(=O)NC[C@@H](O)c1ccc2ccccc2c1. The molecule has 1 aliphatic carbocycles. The molecular formula is C17H20N2O2. The van der Waals surface area contributed by atoms with Crippen molar-refractivity contribution in [1.82, 2.24) is 10.6 Å². The van der Waals surface area contributed by atoms with Gasteiger partial charge in [0, 0.05) is 12.6 Å². The summed E-state index contributed by atoms with van der Waals surface area (Å²) in [6, 6.07) is 13.9. The third kappa shape index (κ3) is 3.34. The zero-order valence-corrected chi connectivity index (χ0v) is 12.0. The van der Waals surface area contributed by atoms with Crippen LogP contribution in [0.3, 0.4) is 0 Å². The van der Waals surface area contributed by atoms with Crippen molar-refractivity contribution in [3.63, 3.8) is 0 Å². The Morgan fingerprint density at radius 2 is 2.00 bits per heavy atom. The van der Waals surface area contributed by atoms with Gasteiger partial charge in [0.25, 0.3) is 0 Å². The molecule has 3 N–H and O–H groups in total. The van der Waals surface area contributed by atoms with Gasteiger partial charge < -0.3 is 15.7 Å². The second-order valence-electron chi connectivity index (χ2n) is 5.80. The van der Waals surface area contributed by atoms with E-state index in [0.717, 1.165) is 22.8 Å². The van der Waals surface area contributed by atoms with E-state index in [1.165, 1.54) is 0 Å². The highest BCUT2D eigenvalue weighted by atomic mass is 16.3. The van der Waals surface area contributed by atoms with Crippen LogP contribution in [0.1, 0.15) is 25.0 Å². The van der Waals surface area contributed by atoms with E-state index in [4.69, 9.17) is 0 Å². The van der Waals surface area contributed by atoms with E-state index in [-0.39, 0.29) is 12.6 Å². The Morgan fingerprint density at radius 1 is 1.29 bits per heavy atom. The van der Waals surface area contributed by atoms with Crippen LogP contribution in [0.2, 0.25) is 0 Å². The maximum absolute atomic E-state index is 11.7. The number of urea groups is 1. The van der Waals surface area contributed by atoms with E-state index in [0.29, 0.717) is 12.0 Å². The van der Waals surface area contributed by atoms with Gasteiger partial charge in [-0.25, -0.2) is 4.79 Å². The normalized spacial score (nSPS) is 21.8. The molecular weight excluding hydrogens is 264 g/mol. The number of nitrogens with one attached hydrogen (secondary N) is 2. The lowest BCUT2D eigenvalue weighted by Gasteiger charge is -2.13. The predicted molar refractivity (Wildman–Crippen MR) is 83.0 cm³/mol. The molecule has 2 amide bonds. The third-order valence-electron chi connectivity index (χ3n) is 4.04. The van der Waals surface area contributed by atoms with Crippen molar-refractivity contribution in [3.8, 4) is 0 Å². The van der Waals surface area contributed by atoms with E-state index in [1.54, 1.807) is 0 Å². The molecule has 0 aromatic heterocycles. The van der Waals surface area contributed by atoms with Gasteiger partial charge in [0.15, 0.2) is 0 Å². The van der Waals surface area contributed by atoms with Gasteiger partial charge in [0.2, 0.25) is 0 Å². The average Bonchev–Trinajstić information content (AvgIpc) is 3.19. The molecule has 4 heteroatoms. The lowest BCUT2D eigenvalue weighted by Crippen LogP contribution is -2.39. The number of benzene rings is 2. The minimum atomic E-state index is -0.697. The fraction of sp³-hybridized carbons (Fsp3) is 0.353. The molecule has 110 valence electrons. The van der Waals surface area contributed by atoms with Gasteiger partial charge in [0.05, 0.1) is 6.10 Å². The van der Waals surface area contributed by atoms with E-state index in [1.807, 2.05) is 42.5 Å². The summed E-state index contributed by atoms with van der Waals surface area (Å²) in [5.41, 5.74) is 0.814. The van der Waals surface area contributed by atoms with E-state index in [2.05, 4.69) is 17.6 Å². The molecule has 3 atom stereocenters. The van der Waals surface area contributed by atoms with Gasteiger partial charge in [-0.15, -0.1) is 0 Å². The minimum Gasteiger partial charge on any atom is -0.387 e. The first-order chi connectivity index (χ1) is 10.1. The number of amides is 2. The Labute approximate surface area is 124 Å². The molecule has 0 unspecified atom stereocenters. The van der Waals surface area contributed by atoms with E-state index >= 15 is 0 Å². The molecule has 2 aromatic rings. The standard InChI is InChI=1S/C17H20N2O2/c1-11-8-15(11)19-17(21)18-10-16(20)14-7-6-12-4-2-3-5-13(12)9-14/h2-7,9,11,15-16,20H,8,10H2,1H3,(H2,18,19,21)/t11-,15+,16-/m1/s1. The molecule has 0 aliphatic heterocycles. The zero-order chi connectivity index (χ0) is 14.8. The summed E-state index contributed by atoms with van der Waals surface area (Å²) in [5, 5.41) is 18.0. The Bertz CT molecular complexity index is 656. The van der Waals surface area contributed by atoms with Gasteiger partial charge in [-0.2, -0.15) is 0 Å². The van der Waals surface area contributed by atoms with Crippen molar-refractivity contribution in [2.45, 2.75) is 25.5 Å². The molecule has 2 aromatic carbocycles. The van der Waals surface area contributed by atoms with Gasteiger partial charge in [-0.3, -0.25) is 0 Å². The number of hydrogen-bond donors (Lipinski definition) is 3. The van der Waals surface area contributed by atoms with Gasteiger partial charge in [-0.1, -0.05) is 43.3 Å². The number of aliphatic hydroxyl groups is 1. The fourth-order valence-corrected chi connectivity index (χ4v) is 2.46. The largest absolute Gasteiger partial charge is 0.387 e. The summed E-state index contributed by atoms with van der Waals surface area (Å²) in [6.07, 6.45) is 0.345. The Kier molecular flexibility index (Phi) is 3.80. The lowest BCUT2D eigenvalue weighted by atomic mass is 10.0. The Hall–Kier alpha value is -2.07. The van der Waals surface area contributed by atoms with Crippen LogP contribution in [-0.2, 0) is 0 Å². The molecule has 0 saturated heterocycles. The number of hydrogen-bond acceptors (Lipinski definition) is 2. The number of rotatable bonds is 4. The lowest BCUT2D eigenvalue weighted by molar-refractivity contribution is 0.173. The first-order valence-corrected chi connectivity index (χ1v) is 7.34. The monoisotopic (exact) mass is 284 g/mol. The van der Waals surface area contributed by atoms with Crippen LogP contribution in [0.5, 0.6) is 0 Å². The highest BCUT2D eigenvalue weighted by Gasteiger charge is 2.33. The average molecular weight is 284 g/mol. The van der Waals surface area contributed by atoms with Crippen LogP contribution in [0.15, 0.2) is 42.5 Å². The van der Waals surface area contributed by atoms with Gasteiger partial charge >= 0.3 is 6.03 Å². The maximum Gasteiger partial charge on any atom is 0.315 e. The highest BCUT2D eigenvalue weighted by Crippen LogP contribution is 2.28. The highest BCUT2D eigenvalue weighted by molar-refractivity contribution is 5.83. The van der Waals surface area contributed by atoms with E-state index < -0.39 is 6.10 Å². The van der Waals surface area contributed by atoms with Crippen LogP contribution in [0, 0.1) is 5.92 Å². The molecule has 1 saturated carbocycles. The Balaban J connectivity index is 1.58. The van der Waals surface area contributed by atoms with Gasteiger partial charge in [-0.05, 0) is 34.7 Å². The molecule has 21 heavy (non-hydrogen) atoms. The molecule has 0 heterocycles. The molecule has 4 nitrogen and oxygen atoms in total. The van der Waals surface area contributed by atoms with Crippen molar-refractivity contribution < 1.29 is 9.90 Å². The van der Waals surface area contributed by atoms with E-state index in [9.17, 15) is 9.90 Å². The van der Waals surface area contributed by atoms with Crippen molar-refractivity contribution >= 4 is 16.8 Å². The van der Waals surface area contributed by atoms with Crippen LogP contribution < -0.4 is 10.6 Å². The quantitative estimate of drug-likeness (QED) is 0.808. The Morgan fingerprint density at radius 3 is 2.71 bits per heavy atom. The smallest absolute Gasteiger partial charge is 0.315 e. The van der Waals surface area contributed by atoms with Crippen molar-refractivity contribution in [2.24, 2.45) is 5.92 Å². The number of carbonyl (C=O) groups is 1. The summed E-state index contributed by atoms with van der Waals surface area (Å²) >= 11 is 0. The van der Waals surface area contributed by atoms with Crippen molar-refractivity contribution in [2.75, 3.05) is 6.54 Å². The molecule has 3 rings (SSSR count). The second kappa shape index (κ2) is 5.74. The van der Waals surface area contributed by atoms with Crippen molar-refractivity contribution in [1.29, 1.82) is 0 Å². The summed E-state index contributed by atoms with van der Waals surface area (Å²) in [6.45, 7) is 2.32. The van der Waals surface area contributed by atoms with Gasteiger partial charge in [0.1, 0.15) is 0 Å². The third-order valence-corrected chi connectivity index (χ3v) is 4.04. The zero-order valence-electron chi connectivity index (χ0n) is 12.0. The number of carbonyl (C=O) groups excluding carboxylic acids is 1. The van der Waals surface area contributed by atoms with Crippen LogP contribution in [0.4, 0.5) is 4.79 Å². The fourth-order valence-electron chi connectivity index (χ4n) is 2.46. The molecule has 0 spiro atoms. The molecule has 0 bridgehead atoms. The first kappa shape index (κ1) is 13.9. The maximum atomic E-state index is 11.7. The molecule has 1 aliphatic rings. The number of fused-ring (bicyclic) bond motifs is 1. The number of aliphatic hydroxyl groups excluding tert-OH is 1. The summed E-state index contributed by atoms with van der Waals surface area (Å²) in [4.78, 5) is 11.7. The summed E-state index contributed by atoms with van der Waals surface area (Å²) in [5.74, 6) is 0.571. The topological polar surface area (TPSA) is 61.4 Å². The van der Waals surface area contributed by atoms with Crippen LogP contribution in [0.25, 0.3) is 10.8 Å². The van der Waals surface area contributed by atoms with Crippen LogP contribution in [-0.4, -0.2) is 23.7 Å². The predicted octanol–water partition coefficient (Wildman–Crippen LogP) is 2.58. The first-order valence-electron chi connectivity index (χ1n) is 7.34. The van der Waals surface area contributed by atoms with Crippen molar-refractivity contribution in [3.05, 3.63) is 48.0 Å². The molecule has 0 radical (unpaired) electrons. The summed E-state index contributed by atoms with van der Waals surface area (Å²) < 4.78 is 0. The molecule has 1 fully saturated rings.